The molecule has 4 amide bonds. The summed E-state index contributed by atoms with van der Waals surface area (Å²) in [6, 6.07) is -0.434. The van der Waals surface area contributed by atoms with Gasteiger partial charge in [0.25, 0.3) is 5.91 Å². The van der Waals surface area contributed by atoms with Crippen molar-refractivity contribution in [1.29, 1.82) is 0 Å². The van der Waals surface area contributed by atoms with E-state index in [1.165, 1.54) is 0 Å². The van der Waals surface area contributed by atoms with Crippen LogP contribution >= 0.6 is 0 Å². The number of carbonyl (C=O) groups excluding carboxylic acids is 3. The van der Waals surface area contributed by atoms with Gasteiger partial charge in [-0.3, -0.25) is 14.5 Å². The molecule has 1 aliphatic carbocycles. The Bertz CT molecular complexity index is 488. The second-order valence-corrected chi connectivity index (χ2v) is 7.89. The third-order valence-electron chi connectivity index (χ3n) is 5.18. The molecule has 0 bridgehead atoms. The van der Waals surface area contributed by atoms with Gasteiger partial charge in [-0.15, -0.1) is 0 Å². The van der Waals surface area contributed by atoms with Crippen molar-refractivity contribution in [1.82, 2.24) is 15.5 Å². The number of rotatable bonds is 4. The lowest BCUT2D eigenvalue weighted by Gasteiger charge is -2.40. The highest BCUT2D eigenvalue weighted by atomic mass is 16.2. The Balaban J connectivity index is 2.00. The molecule has 6 nitrogen and oxygen atoms in total. The minimum atomic E-state index is -0.788. The van der Waals surface area contributed by atoms with E-state index in [2.05, 4.69) is 31.4 Å². The van der Waals surface area contributed by atoms with Crippen molar-refractivity contribution >= 4 is 17.8 Å². The molecule has 0 aromatic carbocycles. The fraction of sp³-hybridized carbons (Fsp3) is 0.824. The average molecular weight is 323 g/mol. The van der Waals surface area contributed by atoms with Crippen LogP contribution in [-0.2, 0) is 9.59 Å². The van der Waals surface area contributed by atoms with Gasteiger partial charge in [0.05, 0.1) is 0 Å². The van der Waals surface area contributed by atoms with Crippen molar-refractivity contribution in [2.45, 2.75) is 65.3 Å². The van der Waals surface area contributed by atoms with Crippen molar-refractivity contribution in [3.63, 3.8) is 0 Å². The fourth-order valence-electron chi connectivity index (χ4n) is 3.60. The molecule has 0 aromatic rings. The molecule has 0 radical (unpaired) electrons. The molecule has 2 rings (SSSR count). The molecule has 1 saturated carbocycles. The van der Waals surface area contributed by atoms with Crippen LogP contribution in [-0.4, -0.2) is 41.4 Å². The molecule has 1 saturated heterocycles. The molecule has 23 heavy (non-hydrogen) atoms. The van der Waals surface area contributed by atoms with E-state index in [0.717, 1.165) is 24.2 Å². The van der Waals surface area contributed by atoms with Crippen molar-refractivity contribution in [3.8, 4) is 0 Å². The van der Waals surface area contributed by atoms with E-state index < -0.39 is 11.6 Å². The smallest absolute Gasteiger partial charge is 0.325 e. The number of imide groups is 1. The van der Waals surface area contributed by atoms with Crippen LogP contribution in [0.25, 0.3) is 0 Å². The molecule has 2 fully saturated rings. The quantitative estimate of drug-likeness (QED) is 0.777. The van der Waals surface area contributed by atoms with Gasteiger partial charge in [0.1, 0.15) is 12.1 Å². The monoisotopic (exact) mass is 323 g/mol. The van der Waals surface area contributed by atoms with Crippen LogP contribution in [0.3, 0.4) is 0 Å². The standard InChI is InChI=1S/C17H29N3O3/c1-5-10-18-13(21)11-20-14(22)17(19-15(20)23)8-6-12(7-9-17)16(2,3)4/h12H,5-11H2,1-4H3,(H,18,21)(H,19,23). The van der Waals surface area contributed by atoms with E-state index in [9.17, 15) is 14.4 Å². The number of hydrogen-bond acceptors (Lipinski definition) is 3. The Morgan fingerprint density at radius 3 is 2.43 bits per heavy atom. The summed E-state index contributed by atoms with van der Waals surface area (Å²) < 4.78 is 0. The summed E-state index contributed by atoms with van der Waals surface area (Å²) in [5.41, 5.74) is -0.573. The predicted molar refractivity (Wildman–Crippen MR) is 87.7 cm³/mol. The number of hydrogen-bond donors (Lipinski definition) is 2. The topological polar surface area (TPSA) is 78.5 Å². The number of urea groups is 1. The van der Waals surface area contributed by atoms with Crippen molar-refractivity contribution < 1.29 is 14.4 Å². The number of nitrogens with zero attached hydrogens (tertiary/aromatic N) is 1. The SMILES string of the molecule is CCCNC(=O)CN1C(=O)NC2(CCC(C(C)(C)C)CC2)C1=O. The maximum absolute atomic E-state index is 12.7. The first-order chi connectivity index (χ1) is 10.7. The van der Waals surface area contributed by atoms with Crippen LogP contribution in [0.15, 0.2) is 0 Å². The second kappa shape index (κ2) is 6.49. The molecule has 1 aliphatic heterocycles. The molecular weight excluding hydrogens is 294 g/mol. The molecule has 2 aliphatic rings. The maximum atomic E-state index is 12.7. The summed E-state index contributed by atoms with van der Waals surface area (Å²) in [4.78, 5) is 37.8. The molecular formula is C17H29N3O3. The lowest BCUT2D eigenvalue weighted by Crippen LogP contribution is -2.51. The van der Waals surface area contributed by atoms with Crippen LogP contribution in [0.5, 0.6) is 0 Å². The zero-order valence-electron chi connectivity index (χ0n) is 14.7. The Morgan fingerprint density at radius 1 is 1.30 bits per heavy atom. The van der Waals surface area contributed by atoms with E-state index in [4.69, 9.17) is 0 Å². The van der Waals surface area contributed by atoms with Crippen LogP contribution in [0.1, 0.15) is 59.8 Å². The molecule has 0 aromatic heterocycles. The first-order valence-corrected chi connectivity index (χ1v) is 8.60. The summed E-state index contributed by atoms with van der Waals surface area (Å²) in [5.74, 6) is 0.0389. The first-order valence-electron chi connectivity index (χ1n) is 8.60. The molecule has 130 valence electrons. The largest absolute Gasteiger partial charge is 0.355 e. The predicted octanol–water partition coefficient (Wildman–Crippen LogP) is 2.04. The van der Waals surface area contributed by atoms with Gasteiger partial charge in [-0.1, -0.05) is 27.7 Å². The highest BCUT2D eigenvalue weighted by Gasteiger charge is 2.53. The van der Waals surface area contributed by atoms with Gasteiger partial charge in [-0.05, 0) is 43.4 Å². The molecule has 0 atom stereocenters. The van der Waals surface area contributed by atoms with Gasteiger partial charge in [0.15, 0.2) is 0 Å². The van der Waals surface area contributed by atoms with Crippen molar-refractivity contribution in [3.05, 3.63) is 0 Å². The highest BCUT2D eigenvalue weighted by molar-refractivity contribution is 6.09. The number of amides is 4. The Morgan fingerprint density at radius 2 is 1.91 bits per heavy atom. The summed E-state index contributed by atoms with van der Waals surface area (Å²) in [6.45, 7) is 8.98. The third-order valence-corrected chi connectivity index (χ3v) is 5.18. The Kier molecular flexibility index (Phi) is 5.01. The maximum Gasteiger partial charge on any atom is 0.325 e. The second-order valence-electron chi connectivity index (χ2n) is 7.89. The van der Waals surface area contributed by atoms with E-state index in [1.807, 2.05) is 6.92 Å². The lowest BCUT2D eigenvalue weighted by atomic mass is 9.67. The van der Waals surface area contributed by atoms with Gasteiger partial charge in [-0.2, -0.15) is 0 Å². The van der Waals surface area contributed by atoms with Gasteiger partial charge in [0.2, 0.25) is 5.91 Å². The van der Waals surface area contributed by atoms with Gasteiger partial charge < -0.3 is 10.6 Å². The number of carbonyl (C=O) groups is 3. The lowest BCUT2D eigenvalue weighted by molar-refractivity contribution is -0.136. The minimum absolute atomic E-state index is 0.185. The third kappa shape index (κ3) is 3.67. The Hall–Kier alpha value is -1.59. The molecule has 1 heterocycles. The van der Waals surface area contributed by atoms with Crippen LogP contribution in [0.4, 0.5) is 4.79 Å². The summed E-state index contributed by atoms with van der Waals surface area (Å²) >= 11 is 0. The minimum Gasteiger partial charge on any atom is -0.355 e. The summed E-state index contributed by atoms with van der Waals surface area (Å²) in [7, 11) is 0. The number of nitrogens with one attached hydrogen (secondary N) is 2. The average Bonchev–Trinajstić information content (AvgIpc) is 2.69. The molecule has 1 spiro atoms. The van der Waals surface area contributed by atoms with Crippen LogP contribution < -0.4 is 10.6 Å². The molecule has 0 unspecified atom stereocenters. The van der Waals surface area contributed by atoms with E-state index in [0.29, 0.717) is 25.3 Å². The summed E-state index contributed by atoms with van der Waals surface area (Å²) in [6.07, 6.45) is 3.99. The Labute approximate surface area is 138 Å². The zero-order chi connectivity index (χ0) is 17.3. The zero-order valence-corrected chi connectivity index (χ0v) is 14.7. The van der Waals surface area contributed by atoms with Crippen LogP contribution in [0, 0.1) is 11.3 Å². The van der Waals surface area contributed by atoms with Gasteiger partial charge in [-0.25, -0.2) is 4.79 Å². The van der Waals surface area contributed by atoms with E-state index in [1.54, 1.807) is 0 Å². The van der Waals surface area contributed by atoms with Gasteiger partial charge >= 0.3 is 6.03 Å². The first kappa shape index (κ1) is 17.8. The van der Waals surface area contributed by atoms with E-state index >= 15 is 0 Å². The van der Waals surface area contributed by atoms with Crippen molar-refractivity contribution in [2.75, 3.05) is 13.1 Å². The molecule has 6 heteroatoms. The summed E-state index contributed by atoms with van der Waals surface area (Å²) in [5, 5.41) is 5.57. The normalized spacial score (nSPS) is 28.2. The van der Waals surface area contributed by atoms with Crippen LogP contribution in [0.2, 0.25) is 0 Å². The van der Waals surface area contributed by atoms with E-state index in [-0.39, 0.29) is 23.8 Å². The molecule has 2 N–H and O–H groups in total. The fourth-order valence-corrected chi connectivity index (χ4v) is 3.60. The van der Waals surface area contributed by atoms with Gasteiger partial charge in [0, 0.05) is 6.54 Å². The van der Waals surface area contributed by atoms with Crippen molar-refractivity contribution in [2.24, 2.45) is 11.3 Å². The highest BCUT2D eigenvalue weighted by Crippen LogP contribution is 2.43.